The molecule has 0 spiro atoms. The summed E-state index contributed by atoms with van der Waals surface area (Å²) in [7, 11) is 0. The van der Waals surface area contributed by atoms with Crippen molar-refractivity contribution in [3.8, 4) is 5.75 Å². The van der Waals surface area contributed by atoms with E-state index in [9.17, 15) is 19.5 Å². The SMILES string of the molecule is CCN(C(=O)N[C@H](CC(=O)O)C(=O)O)c1cccc(O)c1. The molecule has 114 valence electrons. The zero-order valence-electron chi connectivity index (χ0n) is 11.3. The number of carbonyl (C=O) groups excluding carboxylic acids is 1. The van der Waals surface area contributed by atoms with Crippen molar-refractivity contribution in [1.82, 2.24) is 5.32 Å². The van der Waals surface area contributed by atoms with E-state index < -0.39 is 30.4 Å². The Morgan fingerprint density at radius 2 is 1.95 bits per heavy atom. The maximum Gasteiger partial charge on any atom is 0.326 e. The van der Waals surface area contributed by atoms with Crippen LogP contribution in [0.25, 0.3) is 0 Å². The first kappa shape index (κ1) is 16.3. The average Bonchev–Trinajstić information content (AvgIpc) is 2.38. The topological polar surface area (TPSA) is 127 Å². The standard InChI is InChI=1S/C13H16N2O6/c1-2-15(8-4-3-5-9(16)6-8)13(21)14-10(12(19)20)7-11(17)18/h3-6,10,16H,2,7H2,1H3,(H,14,21)(H,17,18)(H,19,20)/t10-/m1/s1. The Bertz CT molecular complexity index is 545. The minimum Gasteiger partial charge on any atom is -0.508 e. The lowest BCUT2D eigenvalue weighted by atomic mass is 10.2. The van der Waals surface area contributed by atoms with Gasteiger partial charge in [-0.1, -0.05) is 6.07 Å². The number of hydrogen-bond donors (Lipinski definition) is 4. The minimum absolute atomic E-state index is 0.0425. The van der Waals surface area contributed by atoms with Gasteiger partial charge < -0.3 is 20.6 Å². The minimum atomic E-state index is -1.53. The summed E-state index contributed by atoms with van der Waals surface area (Å²) in [6, 6.07) is 3.59. The van der Waals surface area contributed by atoms with Crippen molar-refractivity contribution in [3.05, 3.63) is 24.3 Å². The second-order valence-electron chi connectivity index (χ2n) is 4.20. The Labute approximate surface area is 120 Å². The molecule has 8 nitrogen and oxygen atoms in total. The summed E-state index contributed by atoms with van der Waals surface area (Å²) in [5.41, 5.74) is 0.370. The molecule has 21 heavy (non-hydrogen) atoms. The molecule has 1 atom stereocenters. The fourth-order valence-electron chi connectivity index (χ4n) is 1.71. The molecule has 1 aromatic carbocycles. The summed E-state index contributed by atoms with van der Waals surface area (Å²) in [6.07, 6.45) is -0.724. The van der Waals surface area contributed by atoms with E-state index in [-0.39, 0.29) is 12.3 Å². The number of phenolic OH excluding ortho intramolecular Hbond substituents is 1. The predicted octanol–water partition coefficient (Wildman–Crippen LogP) is 0.856. The third kappa shape index (κ3) is 4.68. The van der Waals surface area contributed by atoms with Crippen LogP contribution in [-0.4, -0.2) is 45.9 Å². The molecule has 0 bridgehead atoms. The van der Waals surface area contributed by atoms with E-state index >= 15 is 0 Å². The summed E-state index contributed by atoms with van der Waals surface area (Å²) >= 11 is 0. The third-order valence-corrected chi connectivity index (χ3v) is 2.68. The Hall–Kier alpha value is -2.77. The van der Waals surface area contributed by atoms with Crippen LogP contribution in [0.2, 0.25) is 0 Å². The highest BCUT2D eigenvalue weighted by Crippen LogP contribution is 2.20. The molecule has 0 aliphatic rings. The first-order chi connectivity index (χ1) is 9.85. The molecule has 2 amide bonds. The molecule has 8 heteroatoms. The number of nitrogens with one attached hydrogen (secondary N) is 1. The summed E-state index contributed by atoms with van der Waals surface area (Å²) in [5.74, 6) is -2.81. The highest BCUT2D eigenvalue weighted by molar-refractivity contribution is 5.95. The number of phenols is 1. The number of nitrogens with zero attached hydrogens (tertiary/aromatic N) is 1. The van der Waals surface area contributed by atoms with Gasteiger partial charge in [0.1, 0.15) is 11.8 Å². The number of carboxylic acid groups (broad SMARTS) is 2. The number of carbonyl (C=O) groups is 3. The number of urea groups is 1. The van der Waals surface area contributed by atoms with Gasteiger partial charge in [-0.2, -0.15) is 0 Å². The highest BCUT2D eigenvalue weighted by atomic mass is 16.4. The van der Waals surface area contributed by atoms with Crippen molar-refractivity contribution in [1.29, 1.82) is 0 Å². The maximum atomic E-state index is 12.1. The Kier molecular flexibility index (Phi) is 5.53. The zero-order chi connectivity index (χ0) is 16.0. The number of aliphatic carboxylic acids is 2. The van der Waals surface area contributed by atoms with Crippen molar-refractivity contribution in [2.24, 2.45) is 0 Å². The monoisotopic (exact) mass is 296 g/mol. The molecule has 0 aliphatic carbocycles. The first-order valence-corrected chi connectivity index (χ1v) is 6.16. The second-order valence-corrected chi connectivity index (χ2v) is 4.20. The van der Waals surface area contributed by atoms with E-state index in [1.165, 1.54) is 23.1 Å². The summed E-state index contributed by atoms with van der Waals surface area (Å²) in [6.45, 7) is 1.88. The fraction of sp³-hybridized carbons (Fsp3) is 0.308. The lowest BCUT2D eigenvalue weighted by Crippen LogP contribution is -2.48. The van der Waals surface area contributed by atoms with Gasteiger partial charge in [0, 0.05) is 18.3 Å². The molecule has 0 saturated carbocycles. The van der Waals surface area contributed by atoms with Gasteiger partial charge in [0.15, 0.2) is 0 Å². The molecule has 0 saturated heterocycles. The van der Waals surface area contributed by atoms with Gasteiger partial charge in [-0.25, -0.2) is 9.59 Å². The van der Waals surface area contributed by atoms with Crippen LogP contribution >= 0.6 is 0 Å². The van der Waals surface area contributed by atoms with E-state index in [1.54, 1.807) is 13.0 Å². The lowest BCUT2D eigenvalue weighted by molar-refractivity contribution is -0.145. The Balaban J connectivity index is 2.88. The van der Waals surface area contributed by atoms with Gasteiger partial charge >= 0.3 is 18.0 Å². The number of anilines is 1. The molecule has 0 heterocycles. The normalized spacial score (nSPS) is 11.5. The van der Waals surface area contributed by atoms with Crippen molar-refractivity contribution in [2.75, 3.05) is 11.4 Å². The van der Waals surface area contributed by atoms with E-state index in [4.69, 9.17) is 10.2 Å². The highest BCUT2D eigenvalue weighted by Gasteiger charge is 2.25. The van der Waals surface area contributed by atoms with Crippen LogP contribution < -0.4 is 10.2 Å². The number of rotatable bonds is 6. The van der Waals surface area contributed by atoms with Crippen LogP contribution in [0.4, 0.5) is 10.5 Å². The van der Waals surface area contributed by atoms with Crippen LogP contribution in [-0.2, 0) is 9.59 Å². The third-order valence-electron chi connectivity index (χ3n) is 2.68. The van der Waals surface area contributed by atoms with Crippen molar-refractivity contribution < 1.29 is 29.7 Å². The molecule has 0 fully saturated rings. The molecule has 1 aromatic rings. The Morgan fingerprint density at radius 3 is 2.43 bits per heavy atom. The van der Waals surface area contributed by atoms with Gasteiger partial charge in [0.05, 0.1) is 6.42 Å². The van der Waals surface area contributed by atoms with Gasteiger partial charge in [-0.15, -0.1) is 0 Å². The molecule has 0 aromatic heterocycles. The van der Waals surface area contributed by atoms with Crippen molar-refractivity contribution in [3.63, 3.8) is 0 Å². The molecule has 0 unspecified atom stereocenters. The van der Waals surface area contributed by atoms with Gasteiger partial charge in [-0.05, 0) is 19.1 Å². The molecule has 4 N–H and O–H groups in total. The first-order valence-electron chi connectivity index (χ1n) is 6.16. The number of aromatic hydroxyl groups is 1. The van der Waals surface area contributed by atoms with Crippen molar-refractivity contribution in [2.45, 2.75) is 19.4 Å². The smallest absolute Gasteiger partial charge is 0.326 e. The van der Waals surface area contributed by atoms with E-state index in [0.29, 0.717) is 5.69 Å². The van der Waals surface area contributed by atoms with E-state index in [2.05, 4.69) is 5.32 Å². The maximum absolute atomic E-state index is 12.1. The lowest BCUT2D eigenvalue weighted by Gasteiger charge is -2.23. The molecule has 1 rings (SSSR count). The van der Waals surface area contributed by atoms with Crippen LogP contribution in [0.3, 0.4) is 0 Å². The summed E-state index contributed by atoms with van der Waals surface area (Å²) in [5, 5.41) is 29.1. The van der Waals surface area contributed by atoms with E-state index in [1.807, 2.05) is 0 Å². The van der Waals surface area contributed by atoms with Gasteiger partial charge in [0.25, 0.3) is 0 Å². The molecule has 0 aliphatic heterocycles. The molecule has 0 radical (unpaired) electrons. The average molecular weight is 296 g/mol. The van der Waals surface area contributed by atoms with Gasteiger partial charge in [0.2, 0.25) is 0 Å². The molecular weight excluding hydrogens is 280 g/mol. The van der Waals surface area contributed by atoms with Gasteiger partial charge in [-0.3, -0.25) is 9.69 Å². The quantitative estimate of drug-likeness (QED) is 0.616. The summed E-state index contributed by atoms with van der Waals surface area (Å²) < 4.78 is 0. The van der Waals surface area contributed by atoms with Crippen molar-refractivity contribution >= 4 is 23.7 Å². The van der Waals surface area contributed by atoms with Crippen LogP contribution in [0.1, 0.15) is 13.3 Å². The number of amides is 2. The predicted molar refractivity (Wildman–Crippen MR) is 73.3 cm³/mol. The largest absolute Gasteiger partial charge is 0.508 e. The van der Waals surface area contributed by atoms with E-state index in [0.717, 1.165) is 0 Å². The second kappa shape index (κ2) is 7.13. The Morgan fingerprint density at radius 1 is 1.29 bits per heavy atom. The molecular formula is C13H16N2O6. The van der Waals surface area contributed by atoms with Crippen LogP contribution in [0, 0.1) is 0 Å². The van der Waals surface area contributed by atoms with Crippen LogP contribution in [0.15, 0.2) is 24.3 Å². The summed E-state index contributed by atoms with van der Waals surface area (Å²) in [4.78, 5) is 34.8. The zero-order valence-corrected chi connectivity index (χ0v) is 11.3. The number of hydrogen-bond acceptors (Lipinski definition) is 4. The van der Waals surface area contributed by atoms with Crippen LogP contribution in [0.5, 0.6) is 5.75 Å². The fourth-order valence-corrected chi connectivity index (χ4v) is 1.71. The number of carboxylic acids is 2. The number of benzene rings is 1.